The van der Waals surface area contributed by atoms with Crippen molar-refractivity contribution in [3.8, 4) is 0 Å². The fourth-order valence-electron chi connectivity index (χ4n) is 2.00. The first-order valence-corrected chi connectivity index (χ1v) is 7.78. The topological polar surface area (TPSA) is 44.4 Å². The summed E-state index contributed by atoms with van der Waals surface area (Å²) < 4.78 is 0. The Hall–Kier alpha value is -1.26. The van der Waals surface area contributed by atoms with Crippen LogP contribution in [0.1, 0.15) is 26.3 Å². The number of nitrogens with zero attached hydrogens (tertiary/aromatic N) is 1. The van der Waals surface area contributed by atoms with E-state index in [0.29, 0.717) is 24.0 Å². The second-order valence-electron chi connectivity index (χ2n) is 5.61. The molecule has 0 unspecified atom stereocenters. The molecule has 0 heterocycles. The SMILES string of the molecule is CCNCc1cc(Cl)ccc1N(C)CC(=O)NCC(C)C. The number of hydrogen-bond donors (Lipinski definition) is 2. The molecular formula is C16H26ClN3O. The van der Waals surface area contributed by atoms with Crippen LogP contribution in [0.2, 0.25) is 5.02 Å². The Morgan fingerprint density at radius 1 is 1.38 bits per heavy atom. The number of likely N-dealkylation sites (N-methyl/N-ethyl adjacent to an activating group) is 1. The standard InChI is InChI=1S/C16H26ClN3O/c1-5-18-10-13-8-14(17)6-7-15(13)20(4)11-16(21)19-9-12(2)3/h6-8,12,18H,5,9-11H2,1-4H3,(H,19,21). The van der Waals surface area contributed by atoms with E-state index in [0.717, 1.165) is 24.3 Å². The molecule has 21 heavy (non-hydrogen) atoms. The summed E-state index contributed by atoms with van der Waals surface area (Å²) in [5, 5.41) is 6.94. The van der Waals surface area contributed by atoms with E-state index in [2.05, 4.69) is 31.4 Å². The maximum atomic E-state index is 11.9. The van der Waals surface area contributed by atoms with Crippen molar-refractivity contribution >= 4 is 23.2 Å². The van der Waals surface area contributed by atoms with Crippen molar-refractivity contribution in [1.82, 2.24) is 10.6 Å². The summed E-state index contributed by atoms with van der Waals surface area (Å²) >= 11 is 6.07. The van der Waals surface area contributed by atoms with Gasteiger partial charge in [0.15, 0.2) is 0 Å². The monoisotopic (exact) mass is 311 g/mol. The van der Waals surface area contributed by atoms with E-state index >= 15 is 0 Å². The Labute approximate surface area is 132 Å². The van der Waals surface area contributed by atoms with Crippen molar-refractivity contribution in [2.45, 2.75) is 27.3 Å². The number of halogens is 1. The van der Waals surface area contributed by atoms with E-state index in [9.17, 15) is 4.79 Å². The van der Waals surface area contributed by atoms with E-state index in [1.807, 2.05) is 30.1 Å². The summed E-state index contributed by atoms with van der Waals surface area (Å²) in [4.78, 5) is 13.9. The van der Waals surface area contributed by atoms with E-state index in [1.165, 1.54) is 0 Å². The molecule has 0 radical (unpaired) electrons. The van der Waals surface area contributed by atoms with E-state index in [-0.39, 0.29) is 5.91 Å². The second-order valence-corrected chi connectivity index (χ2v) is 6.04. The molecule has 4 nitrogen and oxygen atoms in total. The van der Waals surface area contributed by atoms with Gasteiger partial charge < -0.3 is 15.5 Å². The largest absolute Gasteiger partial charge is 0.365 e. The lowest BCUT2D eigenvalue weighted by molar-refractivity contribution is -0.119. The first-order valence-electron chi connectivity index (χ1n) is 7.41. The Kier molecular flexibility index (Phi) is 7.54. The molecule has 1 aromatic carbocycles. The molecule has 0 aliphatic heterocycles. The van der Waals surface area contributed by atoms with Gasteiger partial charge in [-0.1, -0.05) is 32.4 Å². The van der Waals surface area contributed by atoms with Gasteiger partial charge in [0.05, 0.1) is 6.54 Å². The van der Waals surface area contributed by atoms with Crippen LogP contribution >= 0.6 is 11.6 Å². The van der Waals surface area contributed by atoms with Crippen LogP contribution in [-0.4, -0.2) is 32.6 Å². The quantitative estimate of drug-likeness (QED) is 0.776. The molecule has 2 N–H and O–H groups in total. The summed E-state index contributed by atoms with van der Waals surface area (Å²) in [5.41, 5.74) is 2.13. The van der Waals surface area contributed by atoms with Crippen molar-refractivity contribution in [2.24, 2.45) is 5.92 Å². The smallest absolute Gasteiger partial charge is 0.239 e. The summed E-state index contributed by atoms with van der Waals surface area (Å²) in [5.74, 6) is 0.495. The highest BCUT2D eigenvalue weighted by atomic mass is 35.5. The van der Waals surface area contributed by atoms with Crippen LogP contribution in [0.5, 0.6) is 0 Å². The molecule has 0 fully saturated rings. The molecule has 1 rings (SSSR count). The van der Waals surface area contributed by atoms with Crippen LogP contribution in [-0.2, 0) is 11.3 Å². The molecule has 0 bridgehead atoms. The molecule has 1 amide bonds. The number of carbonyl (C=O) groups is 1. The molecular weight excluding hydrogens is 286 g/mol. The maximum absolute atomic E-state index is 11.9. The molecule has 0 spiro atoms. The predicted octanol–water partition coefficient (Wildman–Crippen LogP) is 2.66. The molecule has 0 aliphatic rings. The first-order chi connectivity index (χ1) is 9.93. The summed E-state index contributed by atoms with van der Waals surface area (Å²) in [6.45, 7) is 8.91. The van der Waals surface area contributed by atoms with Crippen molar-refractivity contribution in [3.05, 3.63) is 28.8 Å². The van der Waals surface area contributed by atoms with Gasteiger partial charge in [-0.05, 0) is 36.2 Å². The number of nitrogens with one attached hydrogen (secondary N) is 2. The highest BCUT2D eigenvalue weighted by molar-refractivity contribution is 6.30. The van der Waals surface area contributed by atoms with Crippen molar-refractivity contribution in [1.29, 1.82) is 0 Å². The highest BCUT2D eigenvalue weighted by Crippen LogP contribution is 2.23. The molecule has 0 saturated carbocycles. The third-order valence-corrected chi connectivity index (χ3v) is 3.34. The zero-order chi connectivity index (χ0) is 15.8. The summed E-state index contributed by atoms with van der Waals surface area (Å²) in [6, 6.07) is 5.77. The van der Waals surface area contributed by atoms with E-state index in [4.69, 9.17) is 11.6 Å². The van der Waals surface area contributed by atoms with E-state index in [1.54, 1.807) is 0 Å². The number of benzene rings is 1. The average molecular weight is 312 g/mol. The van der Waals surface area contributed by atoms with Crippen LogP contribution in [0.15, 0.2) is 18.2 Å². The third kappa shape index (κ3) is 6.36. The zero-order valence-corrected chi connectivity index (χ0v) is 14.1. The lowest BCUT2D eigenvalue weighted by Gasteiger charge is -2.22. The minimum Gasteiger partial charge on any atom is -0.365 e. The number of anilines is 1. The van der Waals surface area contributed by atoms with Gasteiger partial charge in [-0.3, -0.25) is 4.79 Å². The van der Waals surface area contributed by atoms with Gasteiger partial charge >= 0.3 is 0 Å². The van der Waals surface area contributed by atoms with Crippen LogP contribution in [0.25, 0.3) is 0 Å². The normalized spacial score (nSPS) is 10.8. The zero-order valence-electron chi connectivity index (χ0n) is 13.4. The van der Waals surface area contributed by atoms with Gasteiger partial charge in [0.25, 0.3) is 0 Å². The Morgan fingerprint density at radius 2 is 2.10 bits per heavy atom. The van der Waals surface area contributed by atoms with Crippen LogP contribution in [0.4, 0.5) is 5.69 Å². The lowest BCUT2D eigenvalue weighted by Crippen LogP contribution is -2.37. The van der Waals surface area contributed by atoms with Crippen molar-refractivity contribution in [2.75, 3.05) is 31.6 Å². The minimum absolute atomic E-state index is 0.0375. The molecule has 118 valence electrons. The molecule has 0 saturated heterocycles. The molecule has 0 atom stereocenters. The van der Waals surface area contributed by atoms with Gasteiger partial charge in [0, 0.05) is 30.8 Å². The Balaban J connectivity index is 2.72. The van der Waals surface area contributed by atoms with Gasteiger partial charge in [-0.25, -0.2) is 0 Å². The van der Waals surface area contributed by atoms with Crippen LogP contribution in [0.3, 0.4) is 0 Å². The molecule has 0 aliphatic carbocycles. The van der Waals surface area contributed by atoms with Crippen LogP contribution in [0, 0.1) is 5.92 Å². The van der Waals surface area contributed by atoms with E-state index < -0.39 is 0 Å². The average Bonchev–Trinajstić information content (AvgIpc) is 2.42. The lowest BCUT2D eigenvalue weighted by atomic mass is 10.1. The molecule has 5 heteroatoms. The number of rotatable bonds is 8. The molecule has 0 aromatic heterocycles. The van der Waals surface area contributed by atoms with Crippen molar-refractivity contribution < 1.29 is 4.79 Å². The van der Waals surface area contributed by atoms with Gasteiger partial charge in [0.2, 0.25) is 5.91 Å². The van der Waals surface area contributed by atoms with Gasteiger partial charge in [-0.15, -0.1) is 0 Å². The number of amides is 1. The molecule has 1 aromatic rings. The predicted molar refractivity (Wildman–Crippen MR) is 90.0 cm³/mol. The Bertz CT molecular complexity index is 463. The number of hydrogen-bond acceptors (Lipinski definition) is 3. The Morgan fingerprint density at radius 3 is 2.71 bits per heavy atom. The fraction of sp³-hybridized carbons (Fsp3) is 0.562. The maximum Gasteiger partial charge on any atom is 0.239 e. The van der Waals surface area contributed by atoms with Crippen LogP contribution < -0.4 is 15.5 Å². The van der Waals surface area contributed by atoms with Crippen molar-refractivity contribution in [3.63, 3.8) is 0 Å². The van der Waals surface area contributed by atoms with Gasteiger partial charge in [-0.2, -0.15) is 0 Å². The number of carbonyl (C=O) groups excluding carboxylic acids is 1. The first kappa shape index (κ1) is 17.8. The third-order valence-electron chi connectivity index (χ3n) is 3.11. The minimum atomic E-state index is 0.0375. The summed E-state index contributed by atoms with van der Waals surface area (Å²) in [7, 11) is 1.92. The second kappa shape index (κ2) is 8.90. The fourth-order valence-corrected chi connectivity index (χ4v) is 2.20. The van der Waals surface area contributed by atoms with Gasteiger partial charge in [0.1, 0.15) is 0 Å². The highest BCUT2D eigenvalue weighted by Gasteiger charge is 2.12. The summed E-state index contributed by atoms with van der Waals surface area (Å²) in [6.07, 6.45) is 0.